The van der Waals surface area contributed by atoms with E-state index in [1.165, 1.54) is 12.1 Å². The molecule has 0 unspecified atom stereocenters. The van der Waals surface area contributed by atoms with Gasteiger partial charge in [0.25, 0.3) is 5.91 Å². The number of ether oxygens (including phenoxy) is 1. The zero-order valence-electron chi connectivity index (χ0n) is 13.1. The fraction of sp³-hybridized carbons (Fsp3) is 0.125. The molecular formula is C16H13BrFN5O2. The van der Waals surface area contributed by atoms with Gasteiger partial charge in [-0.25, -0.2) is 4.39 Å². The molecule has 2 aromatic carbocycles. The largest absolute Gasteiger partial charge is 0.481 e. The maximum Gasteiger partial charge on any atom is 0.262 e. The third kappa shape index (κ3) is 4.18. The van der Waals surface area contributed by atoms with E-state index in [0.29, 0.717) is 21.7 Å². The van der Waals surface area contributed by atoms with Crippen molar-refractivity contribution in [2.45, 2.75) is 6.92 Å². The van der Waals surface area contributed by atoms with Gasteiger partial charge in [0.2, 0.25) is 0 Å². The standard InChI is InChI=1S/C16H13BrFN5O2/c1-10-20-21-22-23(10)13-4-2-3-12(8-13)19-16(24)9-25-15-6-5-11(17)7-14(15)18/h2-8H,9H2,1H3,(H,19,24). The van der Waals surface area contributed by atoms with Crippen LogP contribution < -0.4 is 10.1 Å². The summed E-state index contributed by atoms with van der Waals surface area (Å²) in [5, 5.41) is 14.0. The van der Waals surface area contributed by atoms with Crippen LogP contribution in [0.4, 0.5) is 10.1 Å². The summed E-state index contributed by atoms with van der Waals surface area (Å²) in [7, 11) is 0. The Morgan fingerprint density at radius 2 is 2.16 bits per heavy atom. The van der Waals surface area contributed by atoms with E-state index in [0.717, 1.165) is 0 Å². The van der Waals surface area contributed by atoms with Gasteiger partial charge in [0, 0.05) is 10.2 Å². The average Bonchev–Trinajstić information content (AvgIpc) is 3.00. The number of hydrogen-bond acceptors (Lipinski definition) is 5. The molecule has 0 aliphatic heterocycles. The highest BCUT2D eigenvalue weighted by Crippen LogP contribution is 2.21. The summed E-state index contributed by atoms with van der Waals surface area (Å²) in [6.45, 7) is 1.46. The minimum Gasteiger partial charge on any atom is -0.481 e. The Morgan fingerprint density at radius 3 is 2.88 bits per heavy atom. The highest BCUT2D eigenvalue weighted by Gasteiger charge is 2.09. The van der Waals surface area contributed by atoms with E-state index in [9.17, 15) is 9.18 Å². The first kappa shape index (κ1) is 17.0. The van der Waals surface area contributed by atoms with E-state index in [1.807, 2.05) is 6.07 Å². The fourth-order valence-corrected chi connectivity index (χ4v) is 2.45. The summed E-state index contributed by atoms with van der Waals surface area (Å²) in [6.07, 6.45) is 0. The van der Waals surface area contributed by atoms with Crippen LogP contribution in [-0.4, -0.2) is 32.7 Å². The normalized spacial score (nSPS) is 10.5. The number of rotatable bonds is 5. The molecule has 0 atom stereocenters. The van der Waals surface area contributed by atoms with E-state index in [-0.39, 0.29) is 12.4 Å². The van der Waals surface area contributed by atoms with Crippen LogP contribution in [0, 0.1) is 12.7 Å². The molecule has 1 aromatic heterocycles. The summed E-state index contributed by atoms with van der Waals surface area (Å²) in [5.74, 6) is -0.319. The number of carbonyl (C=O) groups excluding carboxylic acids is 1. The number of aryl methyl sites for hydroxylation is 1. The van der Waals surface area contributed by atoms with Crippen LogP contribution in [-0.2, 0) is 4.79 Å². The lowest BCUT2D eigenvalue weighted by Crippen LogP contribution is -2.20. The number of benzene rings is 2. The molecule has 0 radical (unpaired) electrons. The molecule has 1 heterocycles. The molecule has 3 aromatic rings. The lowest BCUT2D eigenvalue weighted by molar-refractivity contribution is -0.118. The predicted molar refractivity (Wildman–Crippen MR) is 92.1 cm³/mol. The van der Waals surface area contributed by atoms with Crippen LogP contribution in [0.15, 0.2) is 46.9 Å². The lowest BCUT2D eigenvalue weighted by atomic mass is 10.2. The monoisotopic (exact) mass is 405 g/mol. The molecule has 3 rings (SSSR count). The maximum atomic E-state index is 13.7. The second-order valence-corrected chi connectivity index (χ2v) is 6.02. The molecule has 0 spiro atoms. The number of aromatic nitrogens is 4. The second kappa shape index (κ2) is 7.39. The van der Waals surface area contributed by atoms with Gasteiger partial charge < -0.3 is 10.1 Å². The SMILES string of the molecule is Cc1nnnn1-c1cccc(NC(=O)COc2ccc(Br)cc2F)c1. The van der Waals surface area contributed by atoms with Gasteiger partial charge in [-0.15, -0.1) is 5.10 Å². The molecular weight excluding hydrogens is 393 g/mol. The summed E-state index contributed by atoms with van der Waals surface area (Å²) in [6, 6.07) is 11.4. The van der Waals surface area contributed by atoms with Gasteiger partial charge >= 0.3 is 0 Å². The molecule has 0 saturated heterocycles. The van der Waals surface area contributed by atoms with Gasteiger partial charge in [-0.05, 0) is 53.7 Å². The molecule has 0 fully saturated rings. The molecule has 9 heteroatoms. The Labute approximate surface area is 150 Å². The highest BCUT2D eigenvalue weighted by atomic mass is 79.9. The smallest absolute Gasteiger partial charge is 0.262 e. The van der Waals surface area contributed by atoms with Gasteiger partial charge in [-0.1, -0.05) is 22.0 Å². The second-order valence-electron chi connectivity index (χ2n) is 5.10. The van der Waals surface area contributed by atoms with E-state index >= 15 is 0 Å². The number of anilines is 1. The van der Waals surface area contributed by atoms with Crippen molar-refractivity contribution in [1.29, 1.82) is 0 Å². The van der Waals surface area contributed by atoms with Crippen molar-refractivity contribution in [2.75, 3.05) is 11.9 Å². The quantitative estimate of drug-likeness (QED) is 0.705. The van der Waals surface area contributed by atoms with Crippen LogP contribution in [0.1, 0.15) is 5.82 Å². The molecule has 0 aliphatic carbocycles. The fourth-order valence-electron chi connectivity index (χ4n) is 2.12. The number of halogens is 2. The van der Waals surface area contributed by atoms with Gasteiger partial charge in [0.15, 0.2) is 24.0 Å². The van der Waals surface area contributed by atoms with Gasteiger partial charge in [0.1, 0.15) is 0 Å². The number of carbonyl (C=O) groups is 1. The number of tetrazole rings is 1. The average molecular weight is 406 g/mol. The van der Waals surface area contributed by atoms with Crippen molar-refractivity contribution in [1.82, 2.24) is 20.2 Å². The third-order valence-corrected chi connectivity index (χ3v) is 3.75. The van der Waals surface area contributed by atoms with Gasteiger partial charge in [-0.3, -0.25) is 4.79 Å². The van der Waals surface area contributed by atoms with Crippen molar-refractivity contribution in [3.8, 4) is 11.4 Å². The zero-order valence-corrected chi connectivity index (χ0v) is 14.7. The molecule has 0 saturated carbocycles. The van der Waals surface area contributed by atoms with Crippen molar-refractivity contribution in [3.05, 3.63) is 58.6 Å². The Balaban J connectivity index is 1.64. The van der Waals surface area contributed by atoms with E-state index < -0.39 is 11.7 Å². The summed E-state index contributed by atoms with van der Waals surface area (Å²) >= 11 is 3.16. The van der Waals surface area contributed by atoms with Crippen molar-refractivity contribution < 1.29 is 13.9 Å². The summed E-state index contributed by atoms with van der Waals surface area (Å²) < 4.78 is 21.0. The molecule has 0 aliphatic rings. The minimum absolute atomic E-state index is 0.0106. The minimum atomic E-state index is -0.543. The van der Waals surface area contributed by atoms with E-state index in [4.69, 9.17) is 4.74 Å². The Morgan fingerprint density at radius 1 is 1.32 bits per heavy atom. The van der Waals surface area contributed by atoms with Crippen LogP contribution >= 0.6 is 15.9 Å². The third-order valence-electron chi connectivity index (χ3n) is 3.25. The Kier molecular flexibility index (Phi) is 5.03. The zero-order chi connectivity index (χ0) is 17.8. The molecule has 1 amide bonds. The molecule has 128 valence electrons. The maximum absolute atomic E-state index is 13.7. The van der Waals surface area contributed by atoms with Crippen LogP contribution in [0.25, 0.3) is 5.69 Å². The van der Waals surface area contributed by atoms with Gasteiger partial charge in [-0.2, -0.15) is 4.68 Å². The molecule has 25 heavy (non-hydrogen) atoms. The number of hydrogen-bond donors (Lipinski definition) is 1. The first-order valence-electron chi connectivity index (χ1n) is 7.26. The molecule has 7 nitrogen and oxygen atoms in total. The summed E-state index contributed by atoms with van der Waals surface area (Å²) in [4.78, 5) is 12.0. The van der Waals surface area contributed by atoms with Crippen molar-refractivity contribution >= 4 is 27.5 Å². The lowest BCUT2D eigenvalue weighted by Gasteiger charge is -2.09. The number of nitrogens with zero attached hydrogens (tertiary/aromatic N) is 4. The molecule has 1 N–H and O–H groups in total. The van der Waals surface area contributed by atoms with Gasteiger partial charge in [0.05, 0.1) is 5.69 Å². The number of nitrogens with one attached hydrogen (secondary N) is 1. The predicted octanol–water partition coefficient (Wildman–Crippen LogP) is 2.89. The van der Waals surface area contributed by atoms with Crippen LogP contribution in [0.3, 0.4) is 0 Å². The highest BCUT2D eigenvalue weighted by molar-refractivity contribution is 9.10. The van der Waals surface area contributed by atoms with E-state index in [1.54, 1.807) is 35.9 Å². The Bertz CT molecular complexity index is 915. The first-order chi connectivity index (χ1) is 12.0. The topological polar surface area (TPSA) is 81.9 Å². The van der Waals surface area contributed by atoms with Crippen LogP contribution in [0.2, 0.25) is 0 Å². The Hall–Kier alpha value is -2.81. The van der Waals surface area contributed by atoms with Crippen molar-refractivity contribution in [2.24, 2.45) is 0 Å². The number of amides is 1. The van der Waals surface area contributed by atoms with Crippen LogP contribution in [0.5, 0.6) is 5.75 Å². The molecule has 0 bridgehead atoms. The summed E-state index contributed by atoms with van der Waals surface area (Å²) in [5.41, 5.74) is 1.26. The first-order valence-corrected chi connectivity index (χ1v) is 8.05. The van der Waals surface area contributed by atoms with Crippen molar-refractivity contribution in [3.63, 3.8) is 0 Å². The van der Waals surface area contributed by atoms with E-state index in [2.05, 4.69) is 36.8 Å².